The van der Waals surface area contributed by atoms with E-state index in [-0.39, 0.29) is 17.3 Å². The Hall–Kier alpha value is -2.19. The smallest absolute Gasteiger partial charge is 0.240 e. The number of benzene rings is 1. The lowest BCUT2D eigenvalue weighted by molar-refractivity contribution is -0.114. The first-order valence-electron chi connectivity index (χ1n) is 7.16. The predicted octanol–water partition coefficient (Wildman–Crippen LogP) is 1.44. The van der Waals surface area contributed by atoms with Crippen molar-refractivity contribution in [2.75, 3.05) is 11.9 Å². The van der Waals surface area contributed by atoms with E-state index in [0.29, 0.717) is 12.2 Å². The van der Waals surface area contributed by atoms with Crippen molar-refractivity contribution in [1.29, 1.82) is 0 Å². The molecule has 8 heteroatoms. The van der Waals surface area contributed by atoms with E-state index < -0.39 is 10.0 Å². The number of anilines is 1. The minimum Gasteiger partial charge on any atom is -0.326 e. The minimum absolute atomic E-state index is 0.153. The Morgan fingerprint density at radius 2 is 1.87 bits per heavy atom. The number of carbonyl (C=O) groups is 1. The van der Waals surface area contributed by atoms with Gasteiger partial charge in [0.25, 0.3) is 0 Å². The number of carbonyl (C=O) groups excluding carboxylic acids is 1. The first kappa shape index (κ1) is 17.2. The van der Waals surface area contributed by atoms with Crippen LogP contribution in [0.4, 0.5) is 5.69 Å². The highest BCUT2D eigenvalue weighted by Crippen LogP contribution is 2.13. The van der Waals surface area contributed by atoms with E-state index in [9.17, 15) is 13.2 Å². The molecule has 124 valence electrons. The molecule has 1 aromatic heterocycles. The average Bonchev–Trinajstić information content (AvgIpc) is 2.77. The van der Waals surface area contributed by atoms with Gasteiger partial charge in [-0.2, -0.15) is 5.10 Å². The van der Waals surface area contributed by atoms with Crippen LogP contribution in [0.25, 0.3) is 0 Å². The van der Waals surface area contributed by atoms with Crippen molar-refractivity contribution in [3.63, 3.8) is 0 Å². The van der Waals surface area contributed by atoms with Gasteiger partial charge in [0.2, 0.25) is 15.9 Å². The van der Waals surface area contributed by atoms with Gasteiger partial charge in [-0.15, -0.1) is 0 Å². The van der Waals surface area contributed by atoms with Crippen LogP contribution < -0.4 is 10.0 Å². The van der Waals surface area contributed by atoms with Gasteiger partial charge in [0, 0.05) is 24.8 Å². The second kappa shape index (κ2) is 6.93. The molecule has 0 unspecified atom stereocenters. The molecular weight excluding hydrogens is 316 g/mol. The van der Waals surface area contributed by atoms with Crippen LogP contribution in [0.5, 0.6) is 0 Å². The van der Waals surface area contributed by atoms with Gasteiger partial charge in [0.05, 0.1) is 17.1 Å². The SMILES string of the molecule is CC(=O)Nc1ccc(S(=O)(=O)NCCn2nc(C)cc2C)cc1. The fourth-order valence-electron chi connectivity index (χ4n) is 2.19. The molecule has 1 heterocycles. The van der Waals surface area contributed by atoms with Gasteiger partial charge in [0.15, 0.2) is 0 Å². The average molecular weight is 336 g/mol. The highest BCUT2D eigenvalue weighted by molar-refractivity contribution is 7.89. The molecule has 0 saturated carbocycles. The molecule has 0 spiro atoms. The molecule has 1 amide bonds. The molecule has 2 N–H and O–H groups in total. The molecule has 1 aromatic carbocycles. The highest BCUT2D eigenvalue weighted by Gasteiger charge is 2.13. The normalized spacial score (nSPS) is 11.4. The first-order valence-corrected chi connectivity index (χ1v) is 8.64. The third kappa shape index (κ3) is 4.64. The molecule has 0 aliphatic rings. The van der Waals surface area contributed by atoms with Crippen LogP contribution in [-0.4, -0.2) is 30.7 Å². The van der Waals surface area contributed by atoms with Crippen molar-refractivity contribution in [3.05, 3.63) is 41.7 Å². The summed E-state index contributed by atoms with van der Waals surface area (Å²) in [6.07, 6.45) is 0. The fraction of sp³-hybridized carbons (Fsp3) is 0.333. The van der Waals surface area contributed by atoms with Crippen molar-refractivity contribution in [2.24, 2.45) is 0 Å². The maximum absolute atomic E-state index is 12.2. The van der Waals surface area contributed by atoms with Gasteiger partial charge in [-0.3, -0.25) is 9.48 Å². The number of aryl methyl sites for hydroxylation is 2. The number of nitrogens with zero attached hydrogens (tertiary/aromatic N) is 2. The van der Waals surface area contributed by atoms with Gasteiger partial charge >= 0.3 is 0 Å². The number of rotatable bonds is 6. The lowest BCUT2D eigenvalue weighted by Gasteiger charge is -2.09. The molecule has 0 bridgehead atoms. The summed E-state index contributed by atoms with van der Waals surface area (Å²) < 4.78 is 28.7. The predicted molar refractivity (Wildman–Crippen MR) is 87.6 cm³/mol. The monoisotopic (exact) mass is 336 g/mol. The zero-order chi connectivity index (χ0) is 17.0. The van der Waals surface area contributed by atoms with Crippen LogP contribution in [0, 0.1) is 13.8 Å². The number of nitrogens with one attached hydrogen (secondary N) is 2. The van der Waals surface area contributed by atoms with Crippen LogP contribution in [0.2, 0.25) is 0 Å². The second-order valence-corrected chi connectivity index (χ2v) is 7.02. The number of aromatic nitrogens is 2. The zero-order valence-electron chi connectivity index (χ0n) is 13.3. The number of sulfonamides is 1. The van der Waals surface area contributed by atoms with Crippen LogP contribution in [0.3, 0.4) is 0 Å². The fourth-order valence-corrected chi connectivity index (χ4v) is 3.21. The van der Waals surface area contributed by atoms with Gasteiger partial charge in [-0.05, 0) is 44.2 Å². The molecule has 23 heavy (non-hydrogen) atoms. The third-order valence-electron chi connectivity index (χ3n) is 3.20. The van der Waals surface area contributed by atoms with Gasteiger partial charge in [-0.25, -0.2) is 13.1 Å². The maximum Gasteiger partial charge on any atom is 0.240 e. The first-order chi connectivity index (χ1) is 10.8. The van der Waals surface area contributed by atoms with Crippen LogP contribution in [-0.2, 0) is 21.4 Å². The quantitative estimate of drug-likeness (QED) is 0.835. The zero-order valence-corrected chi connectivity index (χ0v) is 14.1. The maximum atomic E-state index is 12.2. The Morgan fingerprint density at radius 3 is 2.39 bits per heavy atom. The van der Waals surface area contributed by atoms with Gasteiger partial charge in [0.1, 0.15) is 0 Å². The van der Waals surface area contributed by atoms with Crippen LogP contribution >= 0.6 is 0 Å². The Bertz CT molecular complexity index is 795. The molecule has 0 aliphatic carbocycles. The Kier molecular flexibility index (Phi) is 5.17. The standard InChI is InChI=1S/C15H20N4O3S/c1-11-10-12(2)19(18-11)9-8-16-23(21,22)15-6-4-14(5-7-15)17-13(3)20/h4-7,10,16H,8-9H2,1-3H3,(H,17,20). The summed E-state index contributed by atoms with van der Waals surface area (Å²) in [5.41, 5.74) is 2.44. The van der Waals surface area contributed by atoms with Crippen molar-refractivity contribution in [1.82, 2.24) is 14.5 Å². The highest BCUT2D eigenvalue weighted by atomic mass is 32.2. The molecule has 2 aromatic rings. The lowest BCUT2D eigenvalue weighted by Crippen LogP contribution is -2.28. The van der Waals surface area contributed by atoms with Crippen LogP contribution in [0.15, 0.2) is 35.2 Å². The van der Waals surface area contributed by atoms with E-state index in [0.717, 1.165) is 11.4 Å². The van der Waals surface area contributed by atoms with E-state index in [4.69, 9.17) is 0 Å². The topological polar surface area (TPSA) is 93.1 Å². The van der Waals surface area contributed by atoms with Crippen molar-refractivity contribution in [3.8, 4) is 0 Å². The van der Waals surface area contributed by atoms with E-state index in [1.165, 1.54) is 19.1 Å². The van der Waals surface area contributed by atoms with E-state index in [1.807, 2.05) is 19.9 Å². The van der Waals surface area contributed by atoms with Crippen molar-refractivity contribution in [2.45, 2.75) is 32.2 Å². The summed E-state index contributed by atoms with van der Waals surface area (Å²) in [6.45, 7) is 5.92. The Morgan fingerprint density at radius 1 is 1.22 bits per heavy atom. The molecule has 0 aliphatic heterocycles. The number of hydrogen-bond acceptors (Lipinski definition) is 4. The molecule has 7 nitrogen and oxygen atoms in total. The summed E-state index contributed by atoms with van der Waals surface area (Å²) in [4.78, 5) is 11.1. The summed E-state index contributed by atoms with van der Waals surface area (Å²) in [7, 11) is -3.59. The Balaban J connectivity index is 1.98. The lowest BCUT2D eigenvalue weighted by atomic mass is 10.3. The minimum atomic E-state index is -3.59. The summed E-state index contributed by atoms with van der Waals surface area (Å²) in [5.74, 6) is -0.205. The number of hydrogen-bond donors (Lipinski definition) is 2. The molecule has 0 fully saturated rings. The van der Waals surface area contributed by atoms with Gasteiger partial charge < -0.3 is 5.32 Å². The molecule has 0 atom stereocenters. The summed E-state index contributed by atoms with van der Waals surface area (Å²) in [5, 5.41) is 6.87. The van der Waals surface area contributed by atoms with Crippen LogP contribution in [0.1, 0.15) is 18.3 Å². The van der Waals surface area contributed by atoms with Crippen molar-refractivity contribution >= 4 is 21.6 Å². The molecule has 2 rings (SSSR count). The Labute approximate surface area is 135 Å². The molecule has 0 radical (unpaired) electrons. The molecule has 0 saturated heterocycles. The molecular formula is C15H20N4O3S. The summed E-state index contributed by atoms with van der Waals surface area (Å²) in [6, 6.07) is 7.96. The third-order valence-corrected chi connectivity index (χ3v) is 4.68. The number of amides is 1. The van der Waals surface area contributed by atoms with E-state index in [1.54, 1.807) is 16.8 Å². The van der Waals surface area contributed by atoms with Gasteiger partial charge in [-0.1, -0.05) is 0 Å². The van der Waals surface area contributed by atoms with Crippen molar-refractivity contribution < 1.29 is 13.2 Å². The summed E-state index contributed by atoms with van der Waals surface area (Å²) >= 11 is 0. The second-order valence-electron chi connectivity index (χ2n) is 5.25. The van der Waals surface area contributed by atoms with E-state index in [2.05, 4.69) is 15.1 Å². The van der Waals surface area contributed by atoms with E-state index >= 15 is 0 Å². The largest absolute Gasteiger partial charge is 0.326 e.